The molecule has 156 valence electrons. The maximum absolute atomic E-state index is 12.8. The van der Waals surface area contributed by atoms with E-state index in [1.807, 2.05) is 53.3 Å². The molecule has 7 heteroatoms. The zero-order chi connectivity index (χ0) is 21.1. The molecule has 2 heterocycles. The predicted octanol–water partition coefficient (Wildman–Crippen LogP) is 2.53. The average Bonchev–Trinajstić information content (AvgIpc) is 3.29. The Hall–Kier alpha value is -3.32. The normalized spacial score (nSPS) is 16.0. The van der Waals surface area contributed by atoms with Gasteiger partial charge in [-0.15, -0.1) is 0 Å². The third-order valence-electron chi connectivity index (χ3n) is 5.09. The molecule has 0 saturated heterocycles. The number of hydrogen-bond donors (Lipinski definition) is 2. The molecule has 3 aromatic rings. The van der Waals surface area contributed by atoms with Crippen LogP contribution in [0.1, 0.15) is 19.4 Å². The molecule has 0 spiro atoms. The van der Waals surface area contributed by atoms with E-state index < -0.39 is 11.6 Å². The summed E-state index contributed by atoms with van der Waals surface area (Å²) in [5.41, 5.74) is 2.37. The van der Waals surface area contributed by atoms with E-state index in [2.05, 4.69) is 27.4 Å². The molecule has 30 heavy (non-hydrogen) atoms. The number of fused-ring (bicyclic) bond motifs is 1. The lowest BCUT2D eigenvalue weighted by molar-refractivity contribution is -0.130. The van der Waals surface area contributed by atoms with Gasteiger partial charge in [-0.1, -0.05) is 24.3 Å². The second-order valence-electron chi connectivity index (χ2n) is 8.10. The number of anilines is 1. The Morgan fingerprint density at radius 1 is 1.20 bits per heavy atom. The number of aliphatic hydroxyl groups is 1. The van der Waals surface area contributed by atoms with Crippen molar-refractivity contribution in [2.24, 2.45) is 0 Å². The van der Waals surface area contributed by atoms with Gasteiger partial charge in [0, 0.05) is 18.9 Å². The van der Waals surface area contributed by atoms with Crippen LogP contribution in [0.25, 0.3) is 5.69 Å². The zero-order valence-electron chi connectivity index (χ0n) is 17.2. The minimum Gasteiger partial charge on any atom is -0.477 e. The number of rotatable bonds is 6. The molecule has 1 unspecified atom stereocenters. The van der Waals surface area contributed by atoms with Gasteiger partial charge < -0.3 is 20.1 Å². The topological polar surface area (TPSA) is 79.6 Å². The van der Waals surface area contributed by atoms with E-state index in [1.165, 1.54) is 0 Å². The van der Waals surface area contributed by atoms with E-state index in [9.17, 15) is 9.90 Å². The molecule has 1 atom stereocenters. The minimum absolute atomic E-state index is 0.144. The summed E-state index contributed by atoms with van der Waals surface area (Å²) in [4.78, 5) is 14.9. The van der Waals surface area contributed by atoms with E-state index in [4.69, 9.17) is 4.74 Å². The molecule has 4 rings (SSSR count). The second kappa shape index (κ2) is 8.20. The van der Waals surface area contributed by atoms with Crippen molar-refractivity contribution in [1.29, 1.82) is 0 Å². The first-order valence-electron chi connectivity index (χ1n) is 9.98. The summed E-state index contributed by atoms with van der Waals surface area (Å²) in [6, 6.07) is 17.8. The van der Waals surface area contributed by atoms with Crippen molar-refractivity contribution < 1.29 is 14.6 Å². The first-order valence-corrected chi connectivity index (χ1v) is 9.98. The number of para-hydroxylation sites is 2. The second-order valence-corrected chi connectivity index (χ2v) is 8.10. The molecule has 1 aliphatic heterocycles. The number of carbonyl (C=O) groups excluding carboxylic acids is 1. The monoisotopic (exact) mass is 406 g/mol. The lowest BCUT2D eigenvalue weighted by atomic mass is 10.1. The third-order valence-corrected chi connectivity index (χ3v) is 5.09. The fraction of sp³-hybridized carbons (Fsp3) is 0.304. The summed E-state index contributed by atoms with van der Waals surface area (Å²) in [5, 5.41) is 16.6. The van der Waals surface area contributed by atoms with Crippen molar-refractivity contribution in [2.45, 2.75) is 32.0 Å². The van der Waals surface area contributed by atoms with Crippen molar-refractivity contribution in [3.63, 3.8) is 0 Å². The summed E-state index contributed by atoms with van der Waals surface area (Å²) in [6.45, 7) is 4.48. The minimum atomic E-state index is -0.704. The SMILES string of the molecule is CC(C)(CO)NC(=O)C1CN(Cc2ccc(-n3cccn3)cc2)c2ccccc2O1. The number of ether oxygens (including phenoxy) is 1. The van der Waals surface area contributed by atoms with Gasteiger partial charge >= 0.3 is 0 Å². The highest BCUT2D eigenvalue weighted by Gasteiger charge is 2.33. The number of aliphatic hydroxyl groups excluding tert-OH is 1. The molecule has 0 radical (unpaired) electrons. The maximum atomic E-state index is 12.8. The molecule has 1 aromatic heterocycles. The van der Waals surface area contributed by atoms with Crippen LogP contribution in [-0.4, -0.2) is 45.6 Å². The largest absolute Gasteiger partial charge is 0.477 e. The molecule has 2 aromatic carbocycles. The van der Waals surface area contributed by atoms with Crippen LogP contribution < -0.4 is 15.0 Å². The Balaban J connectivity index is 1.53. The first kappa shape index (κ1) is 20.0. The molecule has 1 aliphatic rings. The van der Waals surface area contributed by atoms with Gasteiger partial charge in [0.25, 0.3) is 5.91 Å². The van der Waals surface area contributed by atoms with Gasteiger partial charge in [0.1, 0.15) is 5.75 Å². The Bertz CT molecular complexity index is 1000. The summed E-state index contributed by atoms with van der Waals surface area (Å²) < 4.78 is 7.79. The van der Waals surface area contributed by atoms with E-state index in [1.54, 1.807) is 20.0 Å². The number of nitrogens with one attached hydrogen (secondary N) is 1. The fourth-order valence-corrected chi connectivity index (χ4v) is 3.44. The Kier molecular flexibility index (Phi) is 5.46. The summed E-state index contributed by atoms with van der Waals surface area (Å²) in [6.07, 6.45) is 3.00. The number of hydrogen-bond acceptors (Lipinski definition) is 5. The zero-order valence-corrected chi connectivity index (χ0v) is 17.2. The van der Waals surface area contributed by atoms with Gasteiger partial charge in [-0.25, -0.2) is 4.68 Å². The molecule has 2 N–H and O–H groups in total. The van der Waals surface area contributed by atoms with Crippen LogP contribution in [0.3, 0.4) is 0 Å². The van der Waals surface area contributed by atoms with Crippen LogP contribution in [0.4, 0.5) is 5.69 Å². The molecular formula is C23H26N4O3. The molecular weight excluding hydrogens is 380 g/mol. The number of amides is 1. The van der Waals surface area contributed by atoms with Gasteiger partial charge in [0.2, 0.25) is 0 Å². The van der Waals surface area contributed by atoms with Crippen LogP contribution in [0.2, 0.25) is 0 Å². The molecule has 1 amide bonds. The number of carbonyl (C=O) groups is 1. The molecule has 0 fully saturated rings. The summed E-state index contributed by atoms with van der Waals surface area (Å²) in [5.74, 6) is 0.446. The van der Waals surface area contributed by atoms with Crippen LogP contribution in [0.5, 0.6) is 5.75 Å². The lowest BCUT2D eigenvalue weighted by Gasteiger charge is -2.37. The smallest absolute Gasteiger partial charge is 0.263 e. The number of aromatic nitrogens is 2. The van der Waals surface area contributed by atoms with E-state index >= 15 is 0 Å². The highest BCUT2D eigenvalue weighted by molar-refractivity contribution is 5.84. The highest BCUT2D eigenvalue weighted by Crippen LogP contribution is 2.34. The Morgan fingerprint density at radius 2 is 1.97 bits per heavy atom. The predicted molar refractivity (Wildman–Crippen MR) is 115 cm³/mol. The molecule has 0 saturated carbocycles. The van der Waals surface area contributed by atoms with Gasteiger partial charge in [-0.2, -0.15) is 5.10 Å². The fourth-order valence-electron chi connectivity index (χ4n) is 3.44. The van der Waals surface area contributed by atoms with E-state index in [0.717, 1.165) is 16.9 Å². The Labute approximate surface area is 175 Å². The van der Waals surface area contributed by atoms with Crippen LogP contribution in [-0.2, 0) is 11.3 Å². The third kappa shape index (κ3) is 4.31. The van der Waals surface area contributed by atoms with Crippen LogP contribution >= 0.6 is 0 Å². The first-order chi connectivity index (χ1) is 14.4. The molecule has 0 bridgehead atoms. The standard InChI is InChI=1S/C23H26N4O3/c1-23(2,16-28)25-22(29)21-15-26(19-6-3-4-7-20(19)30-21)14-17-8-10-18(11-9-17)27-13-5-12-24-27/h3-13,21,28H,14-16H2,1-2H3,(H,25,29). The van der Waals surface area contributed by atoms with Gasteiger partial charge in [0.05, 0.1) is 30.1 Å². The van der Waals surface area contributed by atoms with Gasteiger partial charge in [-0.3, -0.25) is 4.79 Å². The van der Waals surface area contributed by atoms with Crippen molar-refractivity contribution in [1.82, 2.24) is 15.1 Å². The number of nitrogens with zero attached hydrogens (tertiary/aromatic N) is 3. The van der Waals surface area contributed by atoms with Crippen molar-refractivity contribution in [3.05, 3.63) is 72.6 Å². The van der Waals surface area contributed by atoms with Crippen molar-refractivity contribution >= 4 is 11.6 Å². The number of benzene rings is 2. The highest BCUT2D eigenvalue weighted by atomic mass is 16.5. The van der Waals surface area contributed by atoms with Gasteiger partial charge in [0.15, 0.2) is 6.10 Å². The van der Waals surface area contributed by atoms with Crippen molar-refractivity contribution in [2.75, 3.05) is 18.1 Å². The Morgan fingerprint density at radius 3 is 2.67 bits per heavy atom. The lowest BCUT2D eigenvalue weighted by Crippen LogP contribution is -2.55. The average molecular weight is 406 g/mol. The van der Waals surface area contributed by atoms with E-state index in [0.29, 0.717) is 18.8 Å². The summed E-state index contributed by atoms with van der Waals surface area (Å²) >= 11 is 0. The van der Waals surface area contributed by atoms with Crippen molar-refractivity contribution in [3.8, 4) is 11.4 Å². The maximum Gasteiger partial charge on any atom is 0.263 e. The summed E-state index contributed by atoms with van der Waals surface area (Å²) in [7, 11) is 0. The van der Waals surface area contributed by atoms with Gasteiger partial charge in [-0.05, 0) is 49.7 Å². The molecule has 7 nitrogen and oxygen atoms in total. The van der Waals surface area contributed by atoms with Crippen LogP contribution in [0, 0.1) is 0 Å². The van der Waals surface area contributed by atoms with Crippen LogP contribution in [0.15, 0.2) is 67.0 Å². The molecule has 0 aliphatic carbocycles. The van der Waals surface area contributed by atoms with E-state index in [-0.39, 0.29) is 12.5 Å². The quantitative estimate of drug-likeness (QED) is 0.658.